The molecule has 9 nitrogen and oxygen atoms in total. The lowest BCUT2D eigenvalue weighted by molar-refractivity contribution is -0.141. The summed E-state index contributed by atoms with van der Waals surface area (Å²) in [6, 6.07) is 2.61. The van der Waals surface area contributed by atoms with E-state index in [0.717, 1.165) is 43.6 Å². The standard InChI is InChI=1S/C23H28F3N9/c1-28-7-10-35-13-18(16-3-6-30-19(11-16)23(24,25)26)33-21(35)15-4-8-34(9-5-15)22-17(12-29-2)20(27)31-14-32-22/h3,6,11-15,28H,4-5,7-10H2,1-2H3,(H2,27,31,32). The first-order chi connectivity index (χ1) is 16.8. The van der Waals surface area contributed by atoms with E-state index in [0.29, 0.717) is 35.7 Å². The lowest BCUT2D eigenvalue weighted by Crippen LogP contribution is -2.35. The van der Waals surface area contributed by atoms with Gasteiger partial charge in [0.15, 0.2) is 0 Å². The summed E-state index contributed by atoms with van der Waals surface area (Å²) in [6.45, 7) is 2.84. The molecule has 1 aliphatic heterocycles. The first kappa shape index (κ1) is 24.6. The van der Waals surface area contributed by atoms with Crippen molar-refractivity contribution in [3.05, 3.63) is 47.9 Å². The van der Waals surface area contributed by atoms with Gasteiger partial charge in [-0.05, 0) is 32.0 Å². The molecule has 0 unspecified atom stereocenters. The van der Waals surface area contributed by atoms with Crippen LogP contribution in [0.5, 0.6) is 0 Å². The Kier molecular flexibility index (Phi) is 7.29. The van der Waals surface area contributed by atoms with Gasteiger partial charge in [-0.25, -0.2) is 15.0 Å². The number of likely N-dealkylation sites (N-methyl/N-ethyl adjacent to an activating group) is 1. The van der Waals surface area contributed by atoms with Crippen LogP contribution in [0.1, 0.15) is 35.8 Å². The summed E-state index contributed by atoms with van der Waals surface area (Å²) < 4.78 is 41.6. The molecular weight excluding hydrogens is 459 g/mol. The van der Waals surface area contributed by atoms with Gasteiger partial charge in [-0.3, -0.25) is 9.98 Å². The maximum absolute atomic E-state index is 13.2. The van der Waals surface area contributed by atoms with Gasteiger partial charge in [0, 0.05) is 63.3 Å². The number of nitrogens with zero attached hydrogens (tertiary/aromatic N) is 7. The average Bonchev–Trinajstić information content (AvgIpc) is 3.28. The van der Waals surface area contributed by atoms with Crippen LogP contribution in [0.2, 0.25) is 0 Å². The van der Waals surface area contributed by atoms with Crippen molar-refractivity contribution in [1.29, 1.82) is 0 Å². The number of alkyl halides is 3. The lowest BCUT2D eigenvalue weighted by Gasteiger charge is -2.33. The van der Waals surface area contributed by atoms with Crippen molar-refractivity contribution < 1.29 is 13.2 Å². The van der Waals surface area contributed by atoms with Gasteiger partial charge in [-0.15, -0.1) is 0 Å². The fourth-order valence-corrected chi connectivity index (χ4v) is 4.31. The average molecular weight is 488 g/mol. The van der Waals surface area contributed by atoms with E-state index in [4.69, 9.17) is 10.7 Å². The summed E-state index contributed by atoms with van der Waals surface area (Å²) in [7, 11) is 3.53. The number of hydrogen-bond acceptors (Lipinski definition) is 8. The molecule has 12 heteroatoms. The molecule has 0 saturated carbocycles. The zero-order valence-corrected chi connectivity index (χ0v) is 19.6. The Morgan fingerprint density at radius 1 is 1.23 bits per heavy atom. The number of pyridine rings is 1. The highest BCUT2D eigenvalue weighted by Crippen LogP contribution is 2.34. The van der Waals surface area contributed by atoms with Crippen molar-refractivity contribution in [2.24, 2.45) is 4.99 Å². The zero-order chi connectivity index (χ0) is 25.0. The third-order valence-corrected chi connectivity index (χ3v) is 6.07. The van der Waals surface area contributed by atoms with Gasteiger partial charge >= 0.3 is 6.18 Å². The SMILES string of the molecule is CN=Cc1c(N)ncnc1N1CCC(c2nc(-c3ccnc(C(F)(F)F)c3)cn2CCNC)CC1. The zero-order valence-electron chi connectivity index (χ0n) is 19.6. The maximum atomic E-state index is 13.2. The second-order valence-electron chi connectivity index (χ2n) is 8.35. The van der Waals surface area contributed by atoms with Crippen molar-refractivity contribution in [3.63, 3.8) is 0 Å². The largest absolute Gasteiger partial charge is 0.433 e. The number of nitrogen functional groups attached to an aromatic ring is 1. The second-order valence-corrected chi connectivity index (χ2v) is 8.35. The van der Waals surface area contributed by atoms with Gasteiger partial charge in [-0.1, -0.05) is 0 Å². The third kappa shape index (κ3) is 5.42. The highest BCUT2D eigenvalue weighted by Gasteiger charge is 2.33. The number of hydrogen-bond donors (Lipinski definition) is 2. The van der Waals surface area contributed by atoms with Crippen LogP contribution in [0.4, 0.5) is 24.8 Å². The molecule has 0 spiro atoms. The molecule has 1 fully saturated rings. The molecule has 0 aromatic carbocycles. The first-order valence-corrected chi connectivity index (χ1v) is 11.3. The minimum atomic E-state index is -4.51. The van der Waals surface area contributed by atoms with Gasteiger partial charge in [0.2, 0.25) is 0 Å². The Balaban J connectivity index is 1.58. The van der Waals surface area contributed by atoms with Crippen LogP contribution >= 0.6 is 0 Å². The first-order valence-electron chi connectivity index (χ1n) is 11.3. The van der Waals surface area contributed by atoms with Crippen LogP contribution in [0.15, 0.2) is 35.8 Å². The summed E-state index contributed by atoms with van der Waals surface area (Å²) in [4.78, 5) is 23.0. The van der Waals surface area contributed by atoms with E-state index in [9.17, 15) is 13.2 Å². The molecule has 4 heterocycles. The highest BCUT2D eigenvalue weighted by atomic mass is 19.4. The number of nitrogens with two attached hydrogens (primary N) is 1. The Bertz CT molecular complexity index is 1180. The number of anilines is 2. The Hall–Kier alpha value is -3.54. The molecule has 0 aliphatic carbocycles. The number of aromatic nitrogens is 5. The van der Waals surface area contributed by atoms with Crippen LogP contribution in [0.25, 0.3) is 11.3 Å². The molecular formula is C23H28F3N9. The molecule has 3 N–H and O–H groups in total. The van der Waals surface area contributed by atoms with E-state index < -0.39 is 11.9 Å². The van der Waals surface area contributed by atoms with Crippen LogP contribution in [0.3, 0.4) is 0 Å². The minimum Gasteiger partial charge on any atom is -0.383 e. The highest BCUT2D eigenvalue weighted by molar-refractivity contribution is 5.91. The van der Waals surface area contributed by atoms with Crippen molar-refractivity contribution >= 4 is 17.9 Å². The van der Waals surface area contributed by atoms with Crippen molar-refractivity contribution in [1.82, 2.24) is 29.8 Å². The molecule has 0 amide bonds. The summed E-state index contributed by atoms with van der Waals surface area (Å²) in [5.74, 6) is 2.16. The van der Waals surface area contributed by atoms with Gasteiger partial charge < -0.3 is 20.5 Å². The molecule has 0 radical (unpaired) electrons. The van der Waals surface area contributed by atoms with Gasteiger partial charge in [0.1, 0.15) is 29.5 Å². The van der Waals surface area contributed by atoms with Crippen LogP contribution in [-0.4, -0.2) is 64.4 Å². The quantitative estimate of drug-likeness (QED) is 0.493. The lowest BCUT2D eigenvalue weighted by atomic mass is 9.95. The normalized spacial score (nSPS) is 15.3. The summed E-state index contributed by atoms with van der Waals surface area (Å²) in [5, 5.41) is 3.12. The van der Waals surface area contributed by atoms with Gasteiger partial charge in [0.05, 0.1) is 11.3 Å². The summed E-state index contributed by atoms with van der Waals surface area (Å²) >= 11 is 0. The fraction of sp³-hybridized carbons (Fsp3) is 0.435. The van der Waals surface area contributed by atoms with Crippen LogP contribution in [0, 0.1) is 0 Å². The number of nitrogens with one attached hydrogen (secondary N) is 1. The molecule has 3 aromatic rings. The Morgan fingerprint density at radius 2 is 2.00 bits per heavy atom. The monoisotopic (exact) mass is 487 g/mol. The van der Waals surface area contributed by atoms with Crippen molar-refractivity contribution in [2.45, 2.75) is 31.5 Å². The number of aliphatic imine (C=N–C) groups is 1. The van der Waals surface area contributed by atoms with E-state index in [1.165, 1.54) is 12.5 Å². The van der Waals surface area contributed by atoms with Crippen molar-refractivity contribution in [3.8, 4) is 11.3 Å². The second kappa shape index (κ2) is 10.4. The topological polar surface area (TPSA) is 110 Å². The number of piperidine rings is 1. The molecule has 3 aromatic heterocycles. The van der Waals surface area contributed by atoms with E-state index >= 15 is 0 Å². The predicted molar refractivity (Wildman–Crippen MR) is 129 cm³/mol. The van der Waals surface area contributed by atoms with Crippen molar-refractivity contribution in [2.75, 3.05) is 44.4 Å². The number of rotatable bonds is 7. The molecule has 1 saturated heterocycles. The predicted octanol–water partition coefficient (Wildman–Crippen LogP) is 2.99. The summed E-state index contributed by atoms with van der Waals surface area (Å²) in [6.07, 6.45) is 3.23. The smallest absolute Gasteiger partial charge is 0.383 e. The Labute approximate surface area is 201 Å². The molecule has 0 bridgehead atoms. The van der Waals surface area contributed by atoms with Gasteiger partial charge in [0.25, 0.3) is 0 Å². The molecule has 186 valence electrons. The van der Waals surface area contributed by atoms with E-state index in [2.05, 4.69) is 30.2 Å². The third-order valence-electron chi connectivity index (χ3n) is 6.07. The van der Waals surface area contributed by atoms with E-state index in [1.54, 1.807) is 19.3 Å². The van der Waals surface area contributed by atoms with E-state index in [-0.39, 0.29) is 5.92 Å². The van der Waals surface area contributed by atoms with Crippen LogP contribution < -0.4 is 16.0 Å². The van der Waals surface area contributed by atoms with Crippen LogP contribution in [-0.2, 0) is 12.7 Å². The Morgan fingerprint density at radius 3 is 2.69 bits per heavy atom. The molecule has 0 atom stereocenters. The fourth-order valence-electron chi connectivity index (χ4n) is 4.31. The van der Waals surface area contributed by atoms with Gasteiger partial charge in [-0.2, -0.15) is 13.2 Å². The summed E-state index contributed by atoms with van der Waals surface area (Å²) in [5.41, 5.74) is 6.71. The molecule has 1 aliphatic rings. The molecule has 4 rings (SSSR count). The minimum absolute atomic E-state index is 0.156. The number of imidazole rings is 1. The maximum Gasteiger partial charge on any atom is 0.433 e. The molecule has 35 heavy (non-hydrogen) atoms. The van der Waals surface area contributed by atoms with E-state index in [1.807, 2.05) is 17.8 Å². The number of halogens is 3.